The van der Waals surface area contributed by atoms with Crippen molar-refractivity contribution >= 4 is 23.3 Å². The summed E-state index contributed by atoms with van der Waals surface area (Å²) in [6, 6.07) is 20.2. The van der Waals surface area contributed by atoms with E-state index in [0.29, 0.717) is 23.0 Å². The molecule has 4 heterocycles. The SMILES string of the molecule is COC(=O)c1ccc(-c2ccc([C@H]3[C@H](c4ccccn4)NC(=S)N3Cc3ccco3)o2)cc1. The molecule has 1 saturated heterocycles. The van der Waals surface area contributed by atoms with Gasteiger partial charge in [0, 0.05) is 11.8 Å². The van der Waals surface area contributed by atoms with E-state index in [1.54, 1.807) is 24.6 Å². The molecule has 3 aromatic heterocycles. The van der Waals surface area contributed by atoms with Crippen LogP contribution >= 0.6 is 12.2 Å². The number of carbonyl (C=O) groups is 1. The maximum atomic E-state index is 11.7. The van der Waals surface area contributed by atoms with Crippen LogP contribution in [-0.2, 0) is 11.3 Å². The van der Waals surface area contributed by atoms with Gasteiger partial charge in [0.25, 0.3) is 0 Å². The molecule has 0 amide bonds. The molecule has 2 atom stereocenters. The largest absolute Gasteiger partial charge is 0.467 e. The van der Waals surface area contributed by atoms with Crippen LogP contribution in [-0.4, -0.2) is 28.1 Å². The summed E-state index contributed by atoms with van der Waals surface area (Å²) in [4.78, 5) is 18.3. The summed E-state index contributed by atoms with van der Waals surface area (Å²) in [5.74, 6) is 1.86. The smallest absolute Gasteiger partial charge is 0.337 e. The van der Waals surface area contributed by atoms with Crippen molar-refractivity contribution in [2.75, 3.05) is 7.11 Å². The molecule has 8 heteroatoms. The highest BCUT2D eigenvalue weighted by atomic mass is 32.1. The van der Waals surface area contributed by atoms with Crippen molar-refractivity contribution in [2.24, 2.45) is 0 Å². The second-order valence-corrected chi connectivity index (χ2v) is 7.99. The molecule has 1 aliphatic heterocycles. The second kappa shape index (κ2) is 8.91. The van der Waals surface area contributed by atoms with Crippen LogP contribution in [0.1, 0.15) is 39.7 Å². The van der Waals surface area contributed by atoms with Crippen molar-refractivity contribution in [1.29, 1.82) is 0 Å². The van der Waals surface area contributed by atoms with Gasteiger partial charge in [-0.3, -0.25) is 4.98 Å². The van der Waals surface area contributed by atoms with Crippen LogP contribution in [0.3, 0.4) is 0 Å². The molecule has 33 heavy (non-hydrogen) atoms. The lowest BCUT2D eigenvalue weighted by Crippen LogP contribution is -2.28. The molecule has 0 bridgehead atoms. The van der Waals surface area contributed by atoms with E-state index in [4.69, 9.17) is 25.8 Å². The maximum absolute atomic E-state index is 11.7. The molecule has 0 spiro atoms. The fourth-order valence-electron chi connectivity index (χ4n) is 4.01. The molecule has 1 aliphatic rings. The van der Waals surface area contributed by atoms with E-state index in [0.717, 1.165) is 22.8 Å². The number of benzene rings is 1. The van der Waals surface area contributed by atoms with Crippen LogP contribution < -0.4 is 5.32 Å². The van der Waals surface area contributed by atoms with E-state index in [1.165, 1.54) is 7.11 Å². The number of carbonyl (C=O) groups excluding carboxylic acids is 1. The predicted octanol–water partition coefficient (Wildman–Crippen LogP) is 4.89. The first-order chi connectivity index (χ1) is 16.1. The quantitative estimate of drug-likeness (QED) is 0.322. The summed E-state index contributed by atoms with van der Waals surface area (Å²) >= 11 is 5.68. The number of hydrogen-bond donors (Lipinski definition) is 1. The lowest BCUT2D eigenvalue weighted by atomic mass is 10.0. The monoisotopic (exact) mass is 459 g/mol. The van der Waals surface area contributed by atoms with Crippen molar-refractivity contribution in [1.82, 2.24) is 15.2 Å². The zero-order valence-corrected chi connectivity index (χ0v) is 18.6. The highest BCUT2D eigenvalue weighted by Gasteiger charge is 2.42. The Morgan fingerprint density at radius 2 is 1.97 bits per heavy atom. The zero-order chi connectivity index (χ0) is 22.8. The third-order valence-electron chi connectivity index (χ3n) is 5.61. The van der Waals surface area contributed by atoms with Gasteiger partial charge in [-0.15, -0.1) is 0 Å². The summed E-state index contributed by atoms with van der Waals surface area (Å²) in [5.41, 5.74) is 2.21. The minimum absolute atomic E-state index is 0.186. The maximum Gasteiger partial charge on any atom is 0.337 e. The number of nitrogens with one attached hydrogen (secondary N) is 1. The Hall–Kier alpha value is -3.91. The van der Waals surface area contributed by atoms with Crippen LogP contribution in [0.4, 0.5) is 0 Å². The molecule has 1 aromatic carbocycles. The van der Waals surface area contributed by atoms with Gasteiger partial charge in [-0.25, -0.2) is 4.79 Å². The predicted molar refractivity (Wildman–Crippen MR) is 125 cm³/mol. The molecule has 0 aliphatic carbocycles. The number of esters is 1. The fourth-order valence-corrected chi connectivity index (χ4v) is 4.32. The molecular formula is C25H21N3O4S. The van der Waals surface area contributed by atoms with Crippen LogP contribution in [0.15, 0.2) is 88.0 Å². The second-order valence-electron chi connectivity index (χ2n) is 7.60. The number of pyridine rings is 1. The average molecular weight is 460 g/mol. The van der Waals surface area contributed by atoms with Gasteiger partial charge in [-0.1, -0.05) is 18.2 Å². The van der Waals surface area contributed by atoms with Crippen molar-refractivity contribution in [3.05, 3.63) is 102 Å². The molecule has 0 unspecified atom stereocenters. The van der Waals surface area contributed by atoms with Gasteiger partial charge in [0.2, 0.25) is 0 Å². The topological polar surface area (TPSA) is 80.7 Å². The van der Waals surface area contributed by atoms with Gasteiger partial charge < -0.3 is 23.8 Å². The number of hydrogen-bond acceptors (Lipinski definition) is 6. The first-order valence-corrected chi connectivity index (χ1v) is 10.8. The van der Waals surface area contributed by atoms with Gasteiger partial charge in [-0.2, -0.15) is 0 Å². The lowest BCUT2D eigenvalue weighted by Gasteiger charge is -2.25. The third kappa shape index (κ3) is 4.12. The first kappa shape index (κ1) is 21.0. The Balaban J connectivity index is 1.49. The molecule has 5 rings (SSSR count). The van der Waals surface area contributed by atoms with Gasteiger partial charge in [0.15, 0.2) is 5.11 Å². The summed E-state index contributed by atoms with van der Waals surface area (Å²) in [6.45, 7) is 0.497. The number of furan rings is 2. The standard InChI is InChI=1S/C25H21N3O4S/c1-30-24(29)17-9-7-16(8-10-17)20-11-12-21(32-20)23-22(19-6-2-3-13-26-19)27-25(33)28(23)15-18-5-4-14-31-18/h2-14,22-23H,15H2,1H3,(H,27,33)/t22-,23-/m0/s1. The third-order valence-corrected chi connectivity index (χ3v) is 5.97. The number of rotatable bonds is 6. The van der Waals surface area contributed by atoms with Gasteiger partial charge >= 0.3 is 5.97 Å². The van der Waals surface area contributed by atoms with Gasteiger partial charge in [0.1, 0.15) is 23.3 Å². The Morgan fingerprint density at radius 1 is 1.12 bits per heavy atom. The van der Waals surface area contributed by atoms with Crippen LogP contribution in [0.25, 0.3) is 11.3 Å². The highest BCUT2D eigenvalue weighted by Crippen LogP contribution is 2.41. The van der Waals surface area contributed by atoms with Crippen LogP contribution in [0.5, 0.6) is 0 Å². The van der Waals surface area contributed by atoms with E-state index in [9.17, 15) is 4.79 Å². The minimum Gasteiger partial charge on any atom is -0.467 e. The Bertz CT molecular complexity index is 1250. The molecule has 1 N–H and O–H groups in total. The number of ether oxygens (including phenoxy) is 1. The van der Waals surface area contributed by atoms with Crippen LogP contribution in [0.2, 0.25) is 0 Å². The number of nitrogens with zero attached hydrogens (tertiary/aromatic N) is 2. The van der Waals surface area contributed by atoms with E-state index in [2.05, 4.69) is 15.2 Å². The van der Waals surface area contributed by atoms with Crippen molar-refractivity contribution in [3.8, 4) is 11.3 Å². The van der Waals surface area contributed by atoms with Crippen molar-refractivity contribution in [2.45, 2.75) is 18.6 Å². The normalized spacial score (nSPS) is 17.7. The molecule has 1 fully saturated rings. The molecular weight excluding hydrogens is 438 g/mol. The molecule has 0 saturated carbocycles. The first-order valence-electron chi connectivity index (χ1n) is 10.4. The molecule has 0 radical (unpaired) electrons. The highest BCUT2D eigenvalue weighted by molar-refractivity contribution is 7.80. The number of methoxy groups -OCH3 is 1. The molecule has 4 aromatic rings. The molecule has 7 nitrogen and oxygen atoms in total. The van der Waals surface area contributed by atoms with Crippen molar-refractivity contribution in [3.63, 3.8) is 0 Å². The van der Waals surface area contributed by atoms with E-state index < -0.39 is 0 Å². The fraction of sp³-hybridized carbons (Fsp3) is 0.160. The van der Waals surface area contributed by atoms with Gasteiger partial charge in [-0.05, 0) is 60.7 Å². The van der Waals surface area contributed by atoms with Crippen molar-refractivity contribution < 1.29 is 18.4 Å². The summed E-state index contributed by atoms with van der Waals surface area (Å²) in [7, 11) is 1.36. The minimum atomic E-state index is -0.376. The Kier molecular flexibility index (Phi) is 5.66. The van der Waals surface area contributed by atoms with E-state index in [-0.39, 0.29) is 18.1 Å². The zero-order valence-electron chi connectivity index (χ0n) is 17.8. The number of aromatic nitrogens is 1. The van der Waals surface area contributed by atoms with E-state index >= 15 is 0 Å². The Labute approximate surface area is 196 Å². The summed E-state index contributed by atoms with van der Waals surface area (Å²) < 4.78 is 16.7. The summed E-state index contributed by atoms with van der Waals surface area (Å²) in [5, 5.41) is 4.00. The summed E-state index contributed by atoms with van der Waals surface area (Å²) in [6.07, 6.45) is 3.42. The Morgan fingerprint density at radius 3 is 2.67 bits per heavy atom. The lowest BCUT2D eigenvalue weighted by molar-refractivity contribution is 0.0600. The van der Waals surface area contributed by atoms with E-state index in [1.807, 2.05) is 54.6 Å². The number of thiocarbonyl (C=S) groups is 1. The molecule has 166 valence electrons. The average Bonchev–Trinajstić information content (AvgIpc) is 3.61. The van der Waals surface area contributed by atoms with Crippen LogP contribution in [0, 0.1) is 0 Å². The van der Waals surface area contributed by atoms with Gasteiger partial charge in [0.05, 0.1) is 37.2 Å².